The van der Waals surface area contributed by atoms with Crippen molar-refractivity contribution in [1.29, 1.82) is 0 Å². The summed E-state index contributed by atoms with van der Waals surface area (Å²) >= 11 is 1.09. The summed E-state index contributed by atoms with van der Waals surface area (Å²) in [6, 6.07) is 2.14. The minimum atomic E-state index is -1.01. The summed E-state index contributed by atoms with van der Waals surface area (Å²) in [4.78, 5) is 22.3. The number of amidine groups is 1. The van der Waals surface area contributed by atoms with E-state index < -0.39 is 11.2 Å². The maximum Gasteiger partial charge on any atom is 0.305 e. The zero-order valence-corrected chi connectivity index (χ0v) is 14.3. The molecule has 1 unspecified atom stereocenters. The molecule has 2 rings (SSSR count). The average molecular weight is 333 g/mol. The lowest BCUT2D eigenvalue weighted by Crippen LogP contribution is -2.26. The molecular weight excluding hydrogens is 314 g/mol. The van der Waals surface area contributed by atoms with E-state index in [1.165, 1.54) is 11.1 Å². The zero-order valence-electron chi connectivity index (χ0n) is 13.5. The number of carboxylic acid groups (broad SMARTS) is 1. The van der Waals surface area contributed by atoms with E-state index in [9.17, 15) is 9.59 Å². The van der Waals surface area contributed by atoms with Gasteiger partial charge in [-0.1, -0.05) is 17.8 Å². The number of carboxylic acids is 1. The Labute approximate surface area is 139 Å². The smallest absolute Gasteiger partial charge is 0.305 e. The maximum atomic E-state index is 11.6. The normalized spacial score (nSPS) is 19.6. The van der Waals surface area contributed by atoms with Gasteiger partial charge >= 0.3 is 5.97 Å². The van der Waals surface area contributed by atoms with Gasteiger partial charge in [0.25, 0.3) is 0 Å². The van der Waals surface area contributed by atoms with Crippen LogP contribution in [0.4, 0.5) is 0 Å². The van der Waals surface area contributed by atoms with Gasteiger partial charge in [0.2, 0.25) is 5.91 Å². The van der Waals surface area contributed by atoms with Crippen LogP contribution in [0, 0.1) is 27.7 Å². The summed E-state index contributed by atoms with van der Waals surface area (Å²) in [6.07, 6.45) is 1.45. The number of benzene rings is 1. The number of hydrogen-bond acceptors (Lipinski definition) is 5. The molecule has 0 saturated carbocycles. The van der Waals surface area contributed by atoms with Crippen molar-refractivity contribution >= 4 is 35.0 Å². The molecule has 7 heteroatoms. The number of aryl methyl sites for hydroxylation is 2. The third-order valence-corrected chi connectivity index (χ3v) is 4.97. The summed E-state index contributed by atoms with van der Waals surface area (Å²) in [6.45, 7) is 8.17. The van der Waals surface area contributed by atoms with Crippen molar-refractivity contribution in [3.8, 4) is 0 Å². The van der Waals surface area contributed by atoms with Crippen molar-refractivity contribution in [3.63, 3.8) is 0 Å². The summed E-state index contributed by atoms with van der Waals surface area (Å²) in [5.74, 6) is -1.35. The van der Waals surface area contributed by atoms with Crippen LogP contribution in [0.5, 0.6) is 0 Å². The lowest BCUT2D eigenvalue weighted by molar-refractivity contribution is -0.138. The molecule has 1 aliphatic rings. The molecule has 1 heterocycles. The van der Waals surface area contributed by atoms with Crippen LogP contribution in [0.25, 0.3) is 0 Å². The molecule has 1 aromatic carbocycles. The molecule has 1 aromatic rings. The molecule has 1 amide bonds. The van der Waals surface area contributed by atoms with Crippen molar-refractivity contribution in [2.24, 2.45) is 10.2 Å². The van der Waals surface area contributed by atoms with Gasteiger partial charge in [-0.3, -0.25) is 9.59 Å². The Bertz CT molecular complexity index is 700. The molecule has 122 valence electrons. The zero-order chi connectivity index (χ0) is 17.1. The molecule has 6 nitrogen and oxygen atoms in total. The highest BCUT2D eigenvalue weighted by Gasteiger charge is 2.32. The maximum absolute atomic E-state index is 11.6. The first-order valence-electron chi connectivity index (χ1n) is 7.17. The van der Waals surface area contributed by atoms with Gasteiger partial charge in [-0.25, -0.2) is 0 Å². The molecule has 0 spiro atoms. The predicted molar refractivity (Wildman–Crippen MR) is 92.2 cm³/mol. The Balaban J connectivity index is 2.17. The Morgan fingerprint density at radius 2 is 1.91 bits per heavy atom. The average Bonchev–Trinajstić information content (AvgIpc) is 2.80. The Morgan fingerprint density at radius 3 is 2.48 bits per heavy atom. The van der Waals surface area contributed by atoms with E-state index in [2.05, 4.69) is 35.4 Å². The minimum absolute atomic E-state index is 0.228. The molecule has 0 aromatic heterocycles. The number of thioether (sulfide) groups is 1. The van der Waals surface area contributed by atoms with E-state index in [1.807, 2.05) is 13.8 Å². The number of carbonyl (C=O) groups excluding carboxylic acids is 1. The second-order valence-electron chi connectivity index (χ2n) is 5.52. The molecule has 0 aliphatic carbocycles. The first-order chi connectivity index (χ1) is 10.8. The summed E-state index contributed by atoms with van der Waals surface area (Å²) in [5, 5.41) is 19.0. The van der Waals surface area contributed by atoms with Crippen LogP contribution in [-0.2, 0) is 9.59 Å². The number of aliphatic carboxylic acids is 1. The first-order valence-corrected chi connectivity index (χ1v) is 8.05. The quantitative estimate of drug-likeness (QED) is 0.653. The van der Waals surface area contributed by atoms with Gasteiger partial charge in [-0.05, 0) is 49.9 Å². The molecule has 2 N–H and O–H groups in total. The highest BCUT2D eigenvalue weighted by atomic mass is 32.2. The SMILES string of the molecule is Cc1cc(C)c(C)c(C=NN=C2NC(=O)C(CC(=O)O)S2)c1C. The van der Waals surface area contributed by atoms with Gasteiger partial charge in [-0.2, -0.15) is 5.10 Å². The van der Waals surface area contributed by atoms with Crippen LogP contribution in [0.15, 0.2) is 16.3 Å². The molecule has 1 saturated heterocycles. The van der Waals surface area contributed by atoms with E-state index in [0.717, 1.165) is 28.5 Å². The largest absolute Gasteiger partial charge is 0.481 e. The monoisotopic (exact) mass is 333 g/mol. The van der Waals surface area contributed by atoms with E-state index >= 15 is 0 Å². The van der Waals surface area contributed by atoms with Crippen molar-refractivity contribution in [2.75, 3.05) is 0 Å². The Morgan fingerprint density at radius 1 is 1.30 bits per heavy atom. The van der Waals surface area contributed by atoms with Gasteiger partial charge in [0.1, 0.15) is 5.25 Å². The fourth-order valence-corrected chi connectivity index (χ4v) is 3.24. The molecule has 1 fully saturated rings. The van der Waals surface area contributed by atoms with Crippen LogP contribution in [0.2, 0.25) is 0 Å². The van der Waals surface area contributed by atoms with E-state index in [1.54, 1.807) is 6.21 Å². The third-order valence-electron chi connectivity index (χ3n) is 3.90. The fourth-order valence-electron chi connectivity index (χ4n) is 2.33. The molecule has 1 aliphatic heterocycles. The molecule has 0 radical (unpaired) electrons. The lowest BCUT2D eigenvalue weighted by Gasteiger charge is -2.11. The van der Waals surface area contributed by atoms with Crippen LogP contribution in [0.1, 0.15) is 34.2 Å². The Hall–Kier alpha value is -2.15. The number of carbonyl (C=O) groups is 2. The lowest BCUT2D eigenvalue weighted by atomic mass is 9.95. The third kappa shape index (κ3) is 3.98. The van der Waals surface area contributed by atoms with Crippen molar-refractivity contribution < 1.29 is 14.7 Å². The van der Waals surface area contributed by atoms with Crippen LogP contribution < -0.4 is 5.32 Å². The number of rotatable bonds is 4. The van der Waals surface area contributed by atoms with Crippen LogP contribution >= 0.6 is 11.8 Å². The van der Waals surface area contributed by atoms with Crippen molar-refractivity contribution in [1.82, 2.24) is 5.32 Å². The van der Waals surface area contributed by atoms with E-state index in [0.29, 0.717) is 5.17 Å². The standard InChI is InChI=1S/C16H19N3O3S/c1-8-5-9(2)11(4)12(10(8)3)7-17-19-16-18-15(22)13(23-16)6-14(20)21/h5,7,13H,6H2,1-4H3,(H,20,21)(H,18,19,22). The van der Waals surface area contributed by atoms with Gasteiger partial charge in [0.05, 0.1) is 12.6 Å². The van der Waals surface area contributed by atoms with Gasteiger partial charge < -0.3 is 10.4 Å². The van der Waals surface area contributed by atoms with E-state index in [-0.39, 0.29) is 12.3 Å². The first kappa shape index (κ1) is 17.2. The van der Waals surface area contributed by atoms with Crippen molar-refractivity contribution in [2.45, 2.75) is 39.4 Å². The summed E-state index contributed by atoms with van der Waals surface area (Å²) in [5.41, 5.74) is 5.68. The van der Waals surface area contributed by atoms with Crippen molar-refractivity contribution in [3.05, 3.63) is 33.9 Å². The van der Waals surface area contributed by atoms with Gasteiger partial charge in [0, 0.05) is 5.56 Å². The second kappa shape index (κ2) is 6.95. The predicted octanol–water partition coefficient (Wildman–Crippen LogP) is 2.32. The highest BCUT2D eigenvalue weighted by Crippen LogP contribution is 2.23. The van der Waals surface area contributed by atoms with E-state index in [4.69, 9.17) is 5.11 Å². The topological polar surface area (TPSA) is 91.1 Å². The second-order valence-corrected chi connectivity index (χ2v) is 6.71. The fraction of sp³-hybridized carbons (Fsp3) is 0.375. The minimum Gasteiger partial charge on any atom is -0.481 e. The molecule has 1 atom stereocenters. The van der Waals surface area contributed by atoms with Crippen LogP contribution in [-0.4, -0.2) is 33.6 Å². The number of amides is 1. The summed E-state index contributed by atoms with van der Waals surface area (Å²) < 4.78 is 0. The summed E-state index contributed by atoms with van der Waals surface area (Å²) in [7, 11) is 0. The molecule has 23 heavy (non-hydrogen) atoms. The number of nitrogens with zero attached hydrogens (tertiary/aromatic N) is 2. The number of hydrogen-bond donors (Lipinski definition) is 2. The van der Waals surface area contributed by atoms with Crippen LogP contribution in [0.3, 0.4) is 0 Å². The number of nitrogens with one attached hydrogen (secondary N) is 1. The van der Waals surface area contributed by atoms with Gasteiger partial charge in [0.15, 0.2) is 5.17 Å². The molecule has 0 bridgehead atoms. The van der Waals surface area contributed by atoms with Gasteiger partial charge in [-0.15, -0.1) is 5.10 Å². The Kier molecular flexibility index (Phi) is 5.20. The molecular formula is C16H19N3O3S. The highest BCUT2D eigenvalue weighted by molar-refractivity contribution is 8.15.